The normalized spacial score (nSPS) is 15.5. The molecular formula is C12H22. The summed E-state index contributed by atoms with van der Waals surface area (Å²) < 4.78 is 0. The van der Waals surface area contributed by atoms with Crippen LogP contribution in [0.15, 0.2) is 23.8 Å². The van der Waals surface area contributed by atoms with Crippen molar-refractivity contribution < 1.29 is 0 Å². The Balaban J connectivity index is 3.74. The Kier molecular flexibility index (Phi) is 6.84. The van der Waals surface area contributed by atoms with Crippen LogP contribution in [0.3, 0.4) is 0 Å². The average Bonchev–Trinajstić information content (AvgIpc) is 2.10. The molecule has 0 aliphatic heterocycles. The van der Waals surface area contributed by atoms with E-state index in [4.69, 9.17) is 0 Å². The fourth-order valence-corrected chi connectivity index (χ4v) is 1.37. The molecule has 70 valence electrons. The molecule has 12 heavy (non-hydrogen) atoms. The van der Waals surface area contributed by atoms with Crippen molar-refractivity contribution in [3.63, 3.8) is 0 Å². The molecule has 0 saturated carbocycles. The van der Waals surface area contributed by atoms with E-state index in [1.54, 1.807) is 5.57 Å². The largest absolute Gasteiger partial charge is 0.0917 e. The Labute approximate surface area is 77.4 Å². The van der Waals surface area contributed by atoms with Crippen LogP contribution in [0.25, 0.3) is 0 Å². The van der Waals surface area contributed by atoms with Crippen molar-refractivity contribution in [2.45, 2.75) is 47.0 Å². The summed E-state index contributed by atoms with van der Waals surface area (Å²) in [6.45, 7) is 8.78. The second-order valence-corrected chi connectivity index (χ2v) is 3.41. The van der Waals surface area contributed by atoms with Gasteiger partial charge in [0.2, 0.25) is 0 Å². The highest BCUT2D eigenvalue weighted by Gasteiger charge is 2.01. The highest BCUT2D eigenvalue weighted by molar-refractivity contribution is 5.00. The number of allylic oxidation sites excluding steroid dienone is 4. The van der Waals surface area contributed by atoms with E-state index in [2.05, 4.69) is 45.9 Å². The van der Waals surface area contributed by atoms with Gasteiger partial charge in [-0.25, -0.2) is 0 Å². The molecule has 0 aromatic carbocycles. The van der Waals surface area contributed by atoms with Crippen molar-refractivity contribution in [3.05, 3.63) is 23.8 Å². The minimum absolute atomic E-state index is 0.798. The van der Waals surface area contributed by atoms with E-state index in [1.807, 2.05) is 0 Å². The molecule has 0 heteroatoms. The fraction of sp³-hybridized carbons (Fsp3) is 0.667. The average molecular weight is 166 g/mol. The van der Waals surface area contributed by atoms with Gasteiger partial charge in [0.15, 0.2) is 0 Å². The lowest BCUT2D eigenvalue weighted by molar-refractivity contribution is 0.577. The van der Waals surface area contributed by atoms with Crippen LogP contribution in [0, 0.1) is 5.92 Å². The molecule has 1 atom stereocenters. The topological polar surface area (TPSA) is 0 Å². The number of rotatable bonds is 5. The van der Waals surface area contributed by atoms with Gasteiger partial charge in [0.25, 0.3) is 0 Å². The zero-order chi connectivity index (χ0) is 9.40. The Morgan fingerprint density at radius 2 is 2.00 bits per heavy atom. The second kappa shape index (κ2) is 7.15. The molecule has 0 radical (unpaired) electrons. The molecule has 0 spiro atoms. The van der Waals surface area contributed by atoms with Crippen LogP contribution in [0.4, 0.5) is 0 Å². The van der Waals surface area contributed by atoms with Gasteiger partial charge in [0.05, 0.1) is 0 Å². The highest BCUT2D eigenvalue weighted by atomic mass is 14.1. The monoisotopic (exact) mass is 166 g/mol. The molecule has 0 aromatic heterocycles. The molecule has 0 aromatic rings. The first-order chi connectivity index (χ1) is 5.74. The van der Waals surface area contributed by atoms with Gasteiger partial charge in [0, 0.05) is 0 Å². The molecule has 0 heterocycles. The molecule has 0 rings (SSSR count). The van der Waals surface area contributed by atoms with Gasteiger partial charge in [-0.15, -0.1) is 0 Å². The van der Waals surface area contributed by atoms with Crippen molar-refractivity contribution in [1.82, 2.24) is 0 Å². The maximum absolute atomic E-state index is 2.32. The summed E-state index contributed by atoms with van der Waals surface area (Å²) in [6.07, 6.45) is 10.3. The van der Waals surface area contributed by atoms with Crippen LogP contribution >= 0.6 is 0 Å². The minimum atomic E-state index is 0.798. The Hall–Kier alpha value is -0.520. The van der Waals surface area contributed by atoms with E-state index >= 15 is 0 Å². The van der Waals surface area contributed by atoms with Crippen molar-refractivity contribution in [2.75, 3.05) is 0 Å². The van der Waals surface area contributed by atoms with Gasteiger partial charge < -0.3 is 0 Å². The minimum Gasteiger partial charge on any atom is -0.0917 e. The molecule has 0 amide bonds. The molecule has 0 bridgehead atoms. The predicted molar refractivity (Wildman–Crippen MR) is 57.3 cm³/mol. The van der Waals surface area contributed by atoms with Crippen LogP contribution in [0.2, 0.25) is 0 Å². The zero-order valence-electron chi connectivity index (χ0n) is 8.93. The third-order valence-electron chi connectivity index (χ3n) is 2.25. The highest BCUT2D eigenvalue weighted by Crippen LogP contribution is 2.17. The van der Waals surface area contributed by atoms with Crippen LogP contribution in [0.1, 0.15) is 47.0 Å². The SMILES string of the molecule is CC=CCC(C)CC(=CC)CC. The number of hydrogen-bond donors (Lipinski definition) is 0. The standard InChI is InChI=1S/C12H22/c1-5-8-9-11(4)10-12(6-2)7-3/h5-6,8,11H,7,9-10H2,1-4H3. The Bertz CT molecular complexity index is 151. The fourth-order valence-electron chi connectivity index (χ4n) is 1.37. The third kappa shape index (κ3) is 5.17. The molecule has 0 fully saturated rings. The predicted octanol–water partition coefficient (Wildman–Crippen LogP) is 4.34. The van der Waals surface area contributed by atoms with Crippen molar-refractivity contribution in [1.29, 1.82) is 0 Å². The van der Waals surface area contributed by atoms with E-state index in [-0.39, 0.29) is 0 Å². The molecular weight excluding hydrogens is 144 g/mol. The van der Waals surface area contributed by atoms with Gasteiger partial charge >= 0.3 is 0 Å². The van der Waals surface area contributed by atoms with Gasteiger partial charge in [-0.05, 0) is 39.0 Å². The first-order valence-electron chi connectivity index (χ1n) is 4.99. The molecule has 1 unspecified atom stereocenters. The molecule has 0 aliphatic carbocycles. The molecule has 0 nitrogen and oxygen atoms in total. The van der Waals surface area contributed by atoms with E-state index in [9.17, 15) is 0 Å². The Morgan fingerprint density at radius 3 is 2.42 bits per heavy atom. The lowest BCUT2D eigenvalue weighted by Gasteiger charge is -2.10. The first kappa shape index (κ1) is 11.5. The second-order valence-electron chi connectivity index (χ2n) is 3.41. The van der Waals surface area contributed by atoms with Crippen LogP contribution in [-0.2, 0) is 0 Å². The van der Waals surface area contributed by atoms with Gasteiger partial charge in [-0.2, -0.15) is 0 Å². The third-order valence-corrected chi connectivity index (χ3v) is 2.25. The number of hydrogen-bond acceptors (Lipinski definition) is 0. The summed E-state index contributed by atoms with van der Waals surface area (Å²) in [5.41, 5.74) is 1.59. The van der Waals surface area contributed by atoms with Crippen LogP contribution in [-0.4, -0.2) is 0 Å². The molecule has 0 aliphatic rings. The van der Waals surface area contributed by atoms with E-state index in [0.717, 1.165) is 5.92 Å². The molecule has 0 saturated heterocycles. The quantitative estimate of drug-likeness (QED) is 0.533. The van der Waals surface area contributed by atoms with E-state index in [1.165, 1.54) is 19.3 Å². The van der Waals surface area contributed by atoms with E-state index in [0.29, 0.717) is 0 Å². The van der Waals surface area contributed by atoms with Gasteiger partial charge in [-0.3, -0.25) is 0 Å². The summed E-state index contributed by atoms with van der Waals surface area (Å²) in [4.78, 5) is 0. The summed E-state index contributed by atoms with van der Waals surface area (Å²) >= 11 is 0. The first-order valence-corrected chi connectivity index (χ1v) is 4.99. The van der Waals surface area contributed by atoms with Gasteiger partial charge in [0.1, 0.15) is 0 Å². The lowest BCUT2D eigenvalue weighted by Crippen LogP contribution is -1.94. The smallest absolute Gasteiger partial charge is 0.0292 e. The molecule has 0 N–H and O–H groups in total. The lowest BCUT2D eigenvalue weighted by atomic mass is 9.96. The summed E-state index contributed by atoms with van der Waals surface area (Å²) in [6, 6.07) is 0. The van der Waals surface area contributed by atoms with Crippen molar-refractivity contribution >= 4 is 0 Å². The van der Waals surface area contributed by atoms with Crippen molar-refractivity contribution in [2.24, 2.45) is 5.92 Å². The maximum atomic E-state index is 2.32. The van der Waals surface area contributed by atoms with Crippen LogP contribution < -0.4 is 0 Å². The van der Waals surface area contributed by atoms with Gasteiger partial charge in [-0.1, -0.05) is 37.6 Å². The summed E-state index contributed by atoms with van der Waals surface area (Å²) in [7, 11) is 0. The van der Waals surface area contributed by atoms with E-state index < -0.39 is 0 Å². The van der Waals surface area contributed by atoms with Crippen LogP contribution in [0.5, 0.6) is 0 Å². The summed E-state index contributed by atoms with van der Waals surface area (Å²) in [5, 5.41) is 0. The Morgan fingerprint density at radius 1 is 1.33 bits per heavy atom. The van der Waals surface area contributed by atoms with Crippen molar-refractivity contribution in [3.8, 4) is 0 Å². The summed E-state index contributed by atoms with van der Waals surface area (Å²) in [5.74, 6) is 0.798. The maximum Gasteiger partial charge on any atom is -0.0292 e. The zero-order valence-corrected chi connectivity index (χ0v) is 8.93.